The number of rotatable bonds is 2. The molecule has 0 spiro atoms. The van der Waals surface area contributed by atoms with Crippen molar-refractivity contribution in [2.75, 3.05) is 11.5 Å². The molecule has 3 rings (SSSR count). The van der Waals surface area contributed by atoms with Gasteiger partial charge in [-0.05, 0) is 12.5 Å². The maximum absolute atomic E-state index is 12.1. The lowest BCUT2D eigenvalue weighted by Gasteiger charge is -2.11. The molecule has 100 valence electrons. The van der Waals surface area contributed by atoms with Crippen molar-refractivity contribution in [3.05, 3.63) is 30.2 Å². The molecule has 0 aromatic carbocycles. The smallest absolute Gasteiger partial charge is 0.270 e. The molecule has 0 saturated carbocycles. The molecule has 1 fully saturated rings. The molecule has 3 heterocycles. The lowest BCUT2D eigenvalue weighted by atomic mass is 10.2. The zero-order valence-electron chi connectivity index (χ0n) is 9.98. The van der Waals surface area contributed by atoms with Gasteiger partial charge < -0.3 is 5.32 Å². The molecule has 0 radical (unpaired) electrons. The largest absolute Gasteiger partial charge is 0.347 e. The molecule has 2 aromatic heterocycles. The van der Waals surface area contributed by atoms with E-state index in [4.69, 9.17) is 0 Å². The number of sulfone groups is 1. The van der Waals surface area contributed by atoms with Crippen molar-refractivity contribution in [2.24, 2.45) is 0 Å². The maximum atomic E-state index is 12.1. The van der Waals surface area contributed by atoms with Gasteiger partial charge in [-0.2, -0.15) is 5.10 Å². The van der Waals surface area contributed by atoms with Gasteiger partial charge in [0, 0.05) is 18.3 Å². The monoisotopic (exact) mass is 280 g/mol. The molecule has 19 heavy (non-hydrogen) atoms. The van der Waals surface area contributed by atoms with Crippen LogP contribution >= 0.6 is 0 Å². The van der Waals surface area contributed by atoms with Gasteiger partial charge in [0.2, 0.25) is 0 Å². The normalized spacial score (nSPS) is 21.6. The minimum absolute atomic E-state index is 0.00603. The summed E-state index contributed by atoms with van der Waals surface area (Å²) >= 11 is 0. The third kappa shape index (κ3) is 2.30. The van der Waals surface area contributed by atoms with Crippen LogP contribution in [-0.2, 0) is 9.84 Å². The van der Waals surface area contributed by atoms with Crippen LogP contribution in [0.15, 0.2) is 24.5 Å². The standard InChI is InChI=1S/C11H12N4O3S/c16-11(14-8-3-6-19(17,18)7-8)9-1-4-12-10-2-5-13-15(9)10/h1-2,4-5,8H,3,6-7H2,(H,14,16). The number of hydrogen-bond donors (Lipinski definition) is 1. The first-order valence-corrected chi connectivity index (χ1v) is 7.67. The van der Waals surface area contributed by atoms with Crippen LogP contribution in [-0.4, -0.2) is 46.5 Å². The van der Waals surface area contributed by atoms with Crippen LogP contribution in [0.5, 0.6) is 0 Å². The van der Waals surface area contributed by atoms with E-state index in [1.54, 1.807) is 18.3 Å². The summed E-state index contributed by atoms with van der Waals surface area (Å²) < 4.78 is 24.1. The molecule has 1 N–H and O–H groups in total. The van der Waals surface area contributed by atoms with Crippen molar-refractivity contribution < 1.29 is 13.2 Å². The molecule has 0 aliphatic carbocycles. The number of aromatic nitrogens is 3. The van der Waals surface area contributed by atoms with Crippen LogP contribution in [0.1, 0.15) is 16.9 Å². The highest BCUT2D eigenvalue weighted by molar-refractivity contribution is 7.91. The molecular weight excluding hydrogens is 268 g/mol. The number of carbonyl (C=O) groups excluding carboxylic acids is 1. The Balaban J connectivity index is 1.83. The molecule has 0 bridgehead atoms. The Bertz CT molecular complexity index is 737. The predicted molar refractivity (Wildman–Crippen MR) is 67.5 cm³/mol. The molecule has 8 heteroatoms. The topological polar surface area (TPSA) is 93.4 Å². The second-order valence-corrected chi connectivity index (χ2v) is 6.73. The number of nitrogens with one attached hydrogen (secondary N) is 1. The van der Waals surface area contributed by atoms with Gasteiger partial charge in [0.25, 0.3) is 5.91 Å². The first kappa shape index (κ1) is 12.1. The van der Waals surface area contributed by atoms with Gasteiger partial charge in [-0.25, -0.2) is 17.9 Å². The van der Waals surface area contributed by atoms with Crippen molar-refractivity contribution in [3.63, 3.8) is 0 Å². The van der Waals surface area contributed by atoms with E-state index < -0.39 is 9.84 Å². The Morgan fingerprint density at radius 3 is 2.95 bits per heavy atom. The number of amides is 1. The highest BCUT2D eigenvalue weighted by atomic mass is 32.2. The maximum Gasteiger partial charge on any atom is 0.270 e. The van der Waals surface area contributed by atoms with Gasteiger partial charge in [0.15, 0.2) is 15.5 Å². The number of fused-ring (bicyclic) bond motifs is 1. The van der Waals surface area contributed by atoms with E-state index in [9.17, 15) is 13.2 Å². The first-order chi connectivity index (χ1) is 9.05. The van der Waals surface area contributed by atoms with Crippen LogP contribution in [0.3, 0.4) is 0 Å². The van der Waals surface area contributed by atoms with Gasteiger partial charge >= 0.3 is 0 Å². The second-order valence-electron chi connectivity index (χ2n) is 4.50. The summed E-state index contributed by atoms with van der Waals surface area (Å²) in [6, 6.07) is 2.92. The van der Waals surface area contributed by atoms with Crippen LogP contribution in [0.4, 0.5) is 0 Å². The van der Waals surface area contributed by atoms with Gasteiger partial charge in [-0.15, -0.1) is 0 Å². The summed E-state index contributed by atoms with van der Waals surface area (Å²) in [5, 5.41) is 6.74. The van der Waals surface area contributed by atoms with Crippen LogP contribution in [0, 0.1) is 0 Å². The highest BCUT2D eigenvalue weighted by Crippen LogP contribution is 2.12. The molecule has 1 saturated heterocycles. The SMILES string of the molecule is O=C(NC1CCS(=O)(=O)C1)c1ccnc2ccnn12. The Kier molecular flexibility index (Phi) is 2.74. The summed E-state index contributed by atoms with van der Waals surface area (Å²) in [6.45, 7) is 0. The summed E-state index contributed by atoms with van der Waals surface area (Å²) in [4.78, 5) is 16.2. The lowest BCUT2D eigenvalue weighted by molar-refractivity contribution is 0.0933. The molecule has 1 unspecified atom stereocenters. The summed E-state index contributed by atoms with van der Waals surface area (Å²) in [5.41, 5.74) is 0.922. The molecule has 7 nitrogen and oxygen atoms in total. The minimum atomic E-state index is -3.00. The number of carbonyl (C=O) groups is 1. The summed E-state index contributed by atoms with van der Waals surface area (Å²) in [7, 11) is -3.00. The van der Waals surface area contributed by atoms with Crippen molar-refractivity contribution in [1.82, 2.24) is 19.9 Å². The van der Waals surface area contributed by atoms with Crippen molar-refractivity contribution in [1.29, 1.82) is 0 Å². The van der Waals surface area contributed by atoms with Crippen LogP contribution in [0.25, 0.3) is 5.65 Å². The molecule has 1 amide bonds. The van der Waals surface area contributed by atoms with Crippen LogP contribution in [0.2, 0.25) is 0 Å². The van der Waals surface area contributed by atoms with E-state index >= 15 is 0 Å². The van der Waals surface area contributed by atoms with E-state index in [2.05, 4.69) is 15.4 Å². The highest BCUT2D eigenvalue weighted by Gasteiger charge is 2.29. The zero-order chi connectivity index (χ0) is 13.5. The molecule has 1 atom stereocenters. The van der Waals surface area contributed by atoms with Crippen molar-refractivity contribution in [3.8, 4) is 0 Å². The number of hydrogen-bond acceptors (Lipinski definition) is 5. The summed E-state index contributed by atoms with van der Waals surface area (Å²) in [5.74, 6) is -0.199. The van der Waals surface area contributed by atoms with E-state index in [1.165, 1.54) is 10.7 Å². The Morgan fingerprint density at radius 1 is 1.37 bits per heavy atom. The average Bonchev–Trinajstić information content (AvgIpc) is 2.94. The fourth-order valence-corrected chi connectivity index (χ4v) is 3.85. The van der Waals surface area contributed by atoms with Gasteiger partial charge in [0.05, 0.1) is 17.7 Å². The van der Waals surface area contributed by atoms with E-state index in [0.29, 0.717) is 17.8 Å². The van der Waals surface area contributed by atoms with Crippen molar-refractivity contribution >= 4 is 21.4 Å². The van der Waals surface area contributed by atoms with Gasteiger partial charge in [0.1, 0.15) is 5.69 Å². The van der Waals surface area contributed by atoms with E-state index in [1.807, 2.05) is 0 Å². The fourth-order valence-electron chi connectivity index (χ4n) is 2.17. The Labute approximate surface area is 109 Å². The summed E-state index contributed by atoms with van der Waals surface area (Å²) in [6.07, 6.45) is 3.54. The van der Waals surface area contributed by atoms with Gasteiger partial charge in [-0.1, -0.05) is 0 Å². The third-order valence-electron chi connectivity index (χ3n) is 3.09. The minimum Gasteiger partial charge on any atom is -0.347 e. The second kappa shape index (κ2) is 4.30. The third-order valence-corrected chi connectivity index (χ3v) is 4.86. The predicted octanol–water partition coefficient (Wildman–Crippen LogP) is -0.354. The number of nitrogens with zero attached hydrogens (tertiary/aromatic N) is 3. The lowest BCUT2D eigenvalue weighted by Crippen LogP contribution is -2.36. The fraction of sp³-hybridized carbons (Fsp3) is 0.364. The van der Waals surface area contributed by atoms with Crippen LogP contribution < -0.4 is 5.32 Å². The Hall–Kier alpha value is -1.96. The Morgan fingerprint density at radius 2 is 2.21 bits per heavy atom. The van der Waals surface area contributed by atoms with E-state index in [0.717, 1.165) is 0 Å². The molecule has 2 aromatic rings. The van der Waals surface area contributed by atoms with E-state index in [-0.39, 0.29) is 23.5 Å². The first-order valence-electron chi connectivity index (χ1n) is 5.85. The molecular formula is C11H12N4O3S. The average molecular weight is 280 g/mol. The van der Waals surface area contributed by atoms with Gasteiger partial charge in [-0.3, -0.25) is 4.79 Å². The molecule has 1 aliphatic rings. The molecule has 1 aliphatic heterocycles. The van der Waals surface area contributed by atoms with Crippen molar-refractivity contribution in [2.45, 2.75) is 12.5 Å². The zero-order valence-corrected chi connectivity index (χ0v) is 10.8. The quantitative estimate of drug-likeness (QED) is 0.811.